The minimum atomic E-state index is -0.0441. The quantitative estimate of drug-likeness (QED) is 0.590. The zero-order valence-electron chi connectivity index (χ0n) is 11.0. The van der Waals surface area contributed by atoms with Gasteiger partial charge in [0.25, 0.3) is 0 Å². The third-order valence-corrected chi connectivity index (χ3v) is 2.78. The number of hydrogen-bond donors (Lipinski definition) is 2. The van der Waals surface area contributed by atoms with E-state index in [0.29, 0.717) is 6.54 Å². The van der Waals surface area contributed by atoms with Gasteiger partial charge in [-0.2, -0.15) is 0 Å². The Hall–Kier alpha value is -1.79. The number of carbonyl (C=O) groups is 1. The van der Waals surface area contributed by atoms with Crippen LogP contribution in [-0.4, -0.2) is 19.0 Å². The van der Waals surface area contributed by atoms with Gasteiger partial charge in [-0.1, -0.05) is 37.1 Å². The second-order valence-electron chi connectivity index (χ2n) is 4.19. The van der Waals surface area contributed by atoms with Crippen molar-refractivity contribution >= 4 is 5.91 Å². The van der Waals surface area contributed by atoms with Crippen LogP contribution in [0.4, 0.5) is 0 Å². The van der Waals surface area contributed by atoms with Crippen LogP contribution in [0.1, 0.15) is 31.0 Å². The van der Waals surface area contributed by atoms with E-state index in [1.165, 1.54) is 5.56 Å². The molecule has 3 heteroatoms. The van der Waals surface area contributed by atoms with Gasteiger partial charge in [0, 0.05) is 0 Å². The number of terminal acetylenes is 1. The molecular weight excluding hydrogens is 224 g/mol. The van der Waals surface area contributed by atoms with E-state index in [1.807, 2.05) is 6.92 Å². The maximum Gasteiger partial charge on any atom is 0.234 e. The van der Waals surface area contributed by atoms with Crippen LogP contribution in [0.3, 0.4) is 0 Å². The molecule has 0 heterocycles. The van der Waals surface area contributed by atoms with Gasteiger partial charge in [0.1, 0.15) is 0 Å². The molecule has 0 radical (unpaired) electrons. The molecule has 1 aromatic carbocycles. The summed E-state index contributed by atoms with van der Waals surface area (Å²) in [5.74, 6) is 2.39. The summed E-state index contributed by atoms with van der Waals surface area (Å²) in [4.78, 5) is 11.6. The molecule has 0 saturated carbocycles. The molecule has 1 unspecified atom stereocenters. The predicted molar refractivity (Wildman–Crippen MR) is 74.1 cm³/mol. The third kappa shape index (κ3) is 4.60. The maximum absolute atomic E-state index is 11.6. The molecule has 1 atom stereocenters. The van der Waals surface area contributed by atoms with Gasteiger partial charge in [-0.15, -0.1) is 6.42 Å². The normalized spacial score (nSPS) is 11.6. The van der Waals surface area contributed by atoms with Crippen molar-refractivity contribution in [2.45, 2.75) is 26.3 Å². The van der Waals surface area contributed by atoms with Crippen LogP contribution >= 0.6 is 0 Å². The number of nitrogens with one attached hydrogen (secondary N) is 2. The molecule has 1 aromatic rings. The first-order valence-electron chi connectivity index (χ1n) is 6.19. The van der Waals surface area contributed by atoms with Crippen molar-refractivity contribution in [2.24, 2.45) is 0 Å². The van der Waals surface area contributed by atoms with Gasteiger partial charge in [0.05, 0.1) is 19.1 Å². The average molecular weight is 244 g/mol. The van der Waals surface area contributed by atoms with Crippen LogP contribution < -0.4 is 10.6 Å². The van der Waals surface area contributed by atoms with E-state index in [9.17, 15) is 4.79 Å². The SMILES string of the molecule is C#CCNCC(=O)NC(C)c1ccc(CC)cc1. The Morgan fingerprint density at radius 2 is 2.06 bits per heavy atom. The van der Waals surface area contributed by atoms with Crippen molar-refractivity contribution in [3.05, 3.63) is 35.4 Å². The average Bonchev–Trinajstić information content (AvgIpc) is 2.39. The number of rotatable bonds is 6. The molecule has 3 nitrogen and oxygen atoms in total. The standard InChI is InChI=1S/C15H20N2O/c1-4-10-16-11-15(18)17-12(3)14-8-6-13(5-2)7-9-14/h1,6-9,12,16H,5,10-11H2,2-3H3,(H,17,18). The Morgan fingerprint density at radius 1 is 1.39 bits per heavy atom. The van der Waals surface area contributed by atoms with Gasteiger partial charge in [0.15, 0.2) is 0 Å². The van der Waals surface area contributed by atoms with Crippen molar-refractivity contribution in [3.8, 4) is 12.3 Å². The molecule has 0 aliphatic heterocycles. The minimum Gasteiger partial charge on any atom is -0.348 e. The monoisotopic (exact) mass is 244 g/mol. The van der Waals surface area contributed by atoms with Crippen molar-refractivity contribution in [1.82, 2.24) is 10.6 Å². The van der Waals surface area contributed by atoms with E-state index in [1.54, 1.807) is 0 Å². The molecule has 0 fully saturated rings. The molecule has 0 bridgehead atoms. The number of benzene rings is 1. The fraction of sp³-hybridized carbons (Fsp3) is 0.400. The third-order valence-electron chi connectivity index (χ3n) is 2.78. The first kappa shape index (κ1) is 14.3. The molecule has 2 N–H and O–H groups in total. The van der Waals surface area contributed by atoms with Gasteiger partial charge in [0.2, 0.25) is 5.91 Å². The summed E-state index contributed by atoms with van der Waals surface area (Å²) in [6.45, 7) is 4.76. The second kappa shape index (κ2) is 7.52. The van der Waals surface area contributed by atoms with E-state index in [4.69, 9.17) is 6.42 Å². The lowest BCUT2D eigenvalue weighted by molar-refractivity contribution is -0.120. The van der Waals surface area contributed by atoms with Gasteiger partial charge >= 0.3 is 0 Å². The van der Waals surface area contributed by atoms with E-state index in [0.717, 1.165) is 12.0 Å². The highest BCUT2D eigenvalue weighted by molar-refractivity contribution is 5.78. The Kier molecular flexibility index (Phi) is 5.96. The lowest BCUT2D eigenvalue weighted by Crippen LogP contribution is -2.35. The lowest BCUT2D eigenvalue weighted by Gasteiger charge is -2.14. The fourth-order valence-electron chi connectivity index (χ4n) is 1.67. The molecule has 96 valence electrons. The highest BCUT2D eigenvalue weighted by atomic mass is 16.1. The Bertz CT molecular complexity index is 417. The van der Waals surface area contributed by atoms with E-state index < -0.39 is 0 Å². The molecule has 1 rings (SSSR count). The van der Waals surface area contributed by atoms with Gasteiger partial charge < -0.3 is 5.32 Å². The zero-order valence-corrected chi connectivity index (χ0v) is 11.0. The first-order valence-corrected chi connectivity index (χ1v) is 6.19. The zero-order chi connectivity index (χ0) is 13.4. The largest absolute Gasteiger partial charge is 0.348 e. The lowest BCUT2D eigenvalue weighted by atomic mass is 10.1. The van der Waals surface area contributed by atoms with E-state index >= 15 is 0 Å². The number of aryl methyl sites for hydroxylation is 1. The van der Waals surface area contributed by atoms with Crippen LogP contribution in [0.2, 0.25) is 0 Å². The Labute approximate surface area is 109 Å². The summed E-state index contributed by atoms with van der Waals surface area (Å²) in [7, 11) is 0. The first-order chi connectivity index (χ1) is 8.67. The van der Waals surface area contributed by atoms with Crippen LogP contribution in [0.5, 0.6) is 0 Å². The van der Waals surface area contributed by atoms with Crippen molar-refractivity contribution < 1.29 is 4.79 Å². The second-order valence-corrected chi connectivity index (χ2v) is 4.19. The van der Waals surface area contributed by atoms with E-state index in [-0.39, 0.29) is 18.5 Å². The Morgan fingerprint density at radius 3 is 2.61 bits per heavy atom. The molecule has 0 aromatic heterocycles. The van der Waals surface area contributed by atoms with Crippen molar-refractivity contribution in [2.75, 3.05) is 13.1 Å². The molecule has 1 amide bonds. The summed E-state index contributed by atoms with van der Waals surface area (Å²) >= 11 is 0. The Balaban J connectivity index is 2.46. The topological polar surface area (TPSA) is 41.1 Å². The number of hydrogen-bond acceptors (Lipinski definition) is 2. The summed E-state index contributed by atoms with van der Waals surface area (Å²) in [5.41, 5.74) is 2.41. The number of amides is 1. The molecular formula is C15H20N2O. The predicted octanol–water partition coefficient (Wildman–Crippen LogP) is 1.65. The van der Waals surface area contributed by atoms with Crippen LogP contribution in [0.25, 0.3) is 0 Å². The van der Waals surface area contributed by atoms with Gasteiger partial charge in [-0.25, -0.2) is 0 Å². The van der Waals surface area contributed by atoms with E-state index in [2.05, 4.69) is 47.7 Å². The maximum atomic E-state index is 11.6. The van der Waals surface area contributed by atoms with Crippen LogP contribution in [-0.2, 0) is 11.2 Å². The summed E-state index contributed by atoms with van der Waals surface area (Å²) in [6, 6.07) is 8.30. The number of carbonyl (C=O) groups excluding carboxylic acids is 1. The van der Waals surface area contributed by atoms with Crippen molar-refractivity contribution in [3.63, 3.8) is 0 Å². The van der Waals surface area contributed by atoms with Crippen LogP contribution in [0.15, 0.2) is 24.3 Å². The highest BCUT2D eigenvalue weighted by Gasteiger charge is 2.08. The molecule has 0 aliphatic rings. The minimum absolute atomic E-state index is 0.0102. The summed E-state index contributed by atoms with van der Waals surface area (Å²) in [5, 5.41) is 5.78. The fourth-order valence-corrected chi connectivity index (χ4v) is 1.67. The molecule has 18 heavy (non-hydrogen) atoms. The van der Waals surface area contributed by atoms with Crippen LogP contribution in [0, 0.1) is 12.3 Å². The van der Waals surface area contributed by atoms with Gasteiger partial charge in [-0.3, -0.25) is 10.1 Å². The van der Waals surface area contributed by atoms with Crippen molar-refractivity contribution in [1.29, 1.82) is 0 Å². The van der Waals surface area contributed by atoms with Gasteiger partial charge in [-0.05, 0) is 24.5 Å². The highest BCUT2D eigenvalue weighted by Crippen LogP contribution is 2.13. The molecule has 0 saturated heterocycles. The molecule has 0 aliphatic carbocycles. The smallest absolute Gasteiger partial charge is 0.234 e. The summed E-state index contributed by atoms with van der Waals surface area (Å²) < 4.78 is 0. The summed E-state index contributed by atoms with van der Waals surface area (Å²) in [6.07, 6.45) is 6.11. The molecule has 0 spiro atoms.